The third-order valence-corrected chi connectivity index (χ3v) is 2.38. The lowest BCUT2D eigenvalue weighted by Gasteiger charge is -2.02. The summed E-state index contributed by atoms with van der Waals surface area (Å²) in [5.41, 5.74) is 1.87. The molecule has 2 aromatic heterocycles. The van der Waals surface area contributed by atoms with Crippen molar-refractivity contribution in [1.29, 1.82) is 0 Å². The van der Waals surface area contributed by atoms with E-state index in [1.54, 1.807) is 25.5 Å². The Bertz CT molecular complexity index is 511. The molecule has 0 fully saturated rings. The summed E-state index contributed by atoms with van der Waals surface area (Å²) in [6, 6.07) is 5.65. The zero-order valence-corrected chi connectivity index (χ0v) is 9.63. The predicted octanol–water partition coefficient (Wildman–Crippen LogP) is 2.06. The van der Waals surface area contributed by atoms with E-state index in [4.69, 9.17) is 0 Å². The molecule has 0 spiro atoms. The maximum absolute atomic E-state index is 10.9. The van der Waals surface area contributed by atoms with Gasteiger partial charge >= 0.3 is 0 Å². The fraction of sp³-hybridized carbons (Fsp3) is 0.231. The van der Waals surface area contributed by atoms with Gasteiger partial charge in [-0.3, -0.25) is 4.98 Å². The summed E-state index contributed by atoms with van der Waals surface area (Å²) in [4.78, 5) is 23.5. The minimum Gasteiger partial charge on any atom is -0.300 e. The molecule has 0 atom stereocenters. The average Bonchev–Trinajstić information content (AvgIpc) is 2.38. The molecule has 0 radical (unpaired) electrons. The monoisotopic (exact) mass is 227 g/mol. The predicted molar refractivity (Wildman–Crippen MR) is 64.3 cm³/mol. The Balaban J connectivity index is 2.20. The van der Waals surface area contributed by atoms with Gasteiger partial charge in [-0.2, -0.15) is 0 Å². The molecule has 86 valence electrons. The smallest absolute Gasteiger partial charge is 0.130 e. The van der Waals surface area contributed by atoms with Crippen molar-refractivity contribution in [2.45, 2.75) is 19.8 Å². The van der Waals surface area contributed by atoms with Crippen molar-refractivity contribution in [3.8, 4) is 11.3 Å². The Morgan fingerprint density at radius 3 is 2.65 bits per heavy atom. The van der Waals surface area contributed by atoms with Gasteiger partial charge in [-0.25, -0.2) is 9.97 Å². The Kier molecular flexibility index (Phi) is 3.55. The van der Waals surface area contributed by atoms with Crippen LogP contribution in [0.15, 0.2) is 36.8 Å². The first-order chi connectivity index (χ1) is 8.25. The summed E-state index contributed by atoms with van der Waals surface area (Å²) in [5.74, 6) is 0.859. The fourth-order valence-corrected chi connectivity index (χ4v) is 1.49. The summed E-state index contributed by atoms with van der Waals surface area (Å²) in [6.07, 6.45) is 6.26. The highest BCUT2D eigenvalue weighted by Crippen LogP contribution is 2.14. The van der Waals surface area contributed by atoms with Gasteiger partial charge in [0, 0.05) is 37.0 Å². The third-order valence-electron chi connectivity index (χ3n) is 2.38. The van der Waals surface area contributed by atoms with E-state index in [0.29, 0.717) is 18.7 Å². The normalized spacial score (nSPS) is 10.2. The van der Waals surface area contributed by atoms with Crippen LogP contribution in [0.1, 0.15) is 19.2 Å². The SMILES string of the molecule is CC(=O)CCc1nccc(-c2ccncc2)n1. The lowest BCUT2D eigenvalue weighted by molar-refractivity contribution is -0.117. The van der Waals surface area contributed by atoms with Crippen molar-refractivity contribution in [2.75, 3.05) is 0 Å². The van der Waals surface area contributed by atoms with Gasteiger partial charge in [0.05, 0.1) is 5.69 Å². The molecule has 17 heavy (non-hydrogen) atoms. The Morgan fingerprint density at radius 1 is 1.18 bits per heavy atom. The molecule has 0 aliphatic rings. The first kappa shape index (κ1) is 11.4. The number of Topliss-reactive ketones (excluding diaryl/α,β-unsaturated/α-hetero) is 1. The number of hydrogen-bond acceptors (Lipinski definition) is 4. The number of rotatable bonds is 4. The van der Waals surface area contributed by atoms with Crippen molar-refractivity contribution in [2.24, 2.45) is 0 Å². The van der Waals surface area contributed by atoms with E-state index in [-0.39, 0.29) is 5.78 Å². The van der Waals surface area contributed by atoms with Gasteiger partial charge in [0.15, 0.2) is 0 Å². The molecule has 0 amide bonds. The van der Waals surface area contributed by atoms with Gasteiger partial charge < -0.3 is 4.79 Å². The van der Waals surface area contributed by atoms with Gasteiger partial charge in [-0.1, -0.05) is 0 Å². The number of carbonyl (C=O) groups excluding carboxylic acids is 1. The minimum absolute atomic E-state index is 0.155. The number of ketones is 1. The number of pyridine rings is 1. The number of carbonyl (C=O) groups is 1. The Labute approximate surface area is 99.8 Å². The van der Waals surface area contributed by atoms with E-state index >= 15 is 0 Å². The molecule has 0 saturated heterocycles. The van der Waals surface area contributed by atoms with Gasteiger partial charge in [-0.15, -0.1) is 0 Å². The van der Waals surface area contributed by atoms with E-state index < -0.39 is 0 Å². The molecule has 0 aromatic carbocycles. The van der Waals surface area contributed by atoms with Gasteiger partial charge in [0.1, 0.15) is 11.6 Å². The largest absolute Gasteiger partial charge is 0.300 e. The summed E-state index contributed by atoms with van der Waals surface area (Å²) in [6.45, 7) is 1.58. The molecular formula is C13H13N3O. The second kappa shape index (κ2) is 5.30. The second-order valence-corrected chi connectivity index (χ2v) is 3.80. The van der Waals surface area contributed by atoms with Gasteiger partial charge in [0.2, 0.25) is 0 Å². The van der Waals surface area contributed by atoms with Gasteiger partial charge in [-0.05, 0) is 25.1 Å². The van der Waals surface area contributed by atoms with Crippen LogP contribution < -0.4 is 0 Å². The highest BCUT2D eigenvalue weighted by Gasteiger charge is 2.03. The highest BCUT2D eigenvalue weighted by atomic mass is 16.1. The van der Waals surface area contributed by atoms with Crippen molar-refractivity contribution in [3.05, 3.63) is 42.6 Å². The molecule has 0 N–H and O–H groups in total. The third kappa shape index (κ3) is 3.17. The van der Waals surface area contributed by atoms with E-state index in [0.717, 1.165) is 11.3 Å². The lowest BCUT2D eigenvalue weighted by Crippen LogP contribution is -2.00. The maximum atomic E-state index is 10.9. The Hall–Kier alpha value is -2.10. The van der Waals surface area contributed by atoms with E-state index in [2.05, 4.69) is 15.0 Å². The van der Waals surface area contributed by atoms with E-state index in [1.807, 2.05) is 18.2 Å². The van der Waals surface area contributed by atoms with Crippen molar-refractivity contribution in [3.63, 3.8) is 0 Å². The van der Waals surface area contributed by atoms with Gasteiger partial charge in [0.25, 0.3) is 0 Å². The lowest BCUT2D eigenvalue weighted by atomic mass is 10.2. The van der Waals surface area contributed by atoms with Crippen LogP contribution in [-0.2, 0) is 11.2 Å². The summed E-state index contributed by atoms with van der Waals surface area (Å²) in [5, 5.41) is 0. The van der Waals surface area contributed by atoms with Crippen LogP contribution in [0, 0.1) is 0 Å². The minimum atomic E-state index is 0.155. The van der Waals surface area contributed by atoms with E-state index in [1.165, 1.54) is 0 Å². The first-order valence-corrected chi connectivity index (χ1v) is 5.47. The zero-order valence-electron chi connectivity index (χ0n) is 9.63. The Morgan fingerprint density at radius 2 is 1.94 bits per heavy atom. The molecule has 0 bridgehead atoms. The van der Waals surface area contributed by atoms with Crippen LogP contribution in [-0.4, -0.2) is 20.7 Å². The molecule has 4 nitrogen and oxygen atoms in total. The van der Waals surface area contributed by atoms with Crippen LogP contribution in [0.3, 0.4) is 0 Å². The molecule has 2 rings (SSSR count). The first-order valence-electron chi connectivity index (χ1n) is 5.47. The van der Waals surface area contributed by atoms with Crippen molar-refractivity contribution in [1.82, 2.24) is 15.0 Å². The summed E-state index contributed by atoms with van der Waals surface area (Å²) in [7, 11) is 0. The average molecular weight is 227 g/mol. The highest BCUT2D eigenvalue weighted by molar-refractivity contribution is 5.75. The molecule has 2 heterocycles. The maximum Gasteiger partial charge on any atom is 0.130 e. The van der Waals surface area contributed by atoms with Crippen LogP contribution in [0.5, 0.6) is 0 Å². The number of hydrogen-bond donors (Lipinski definition) is 0. The standard InChI is InChI=1S/C13H13N3O/c1-10(17)2-3-13-15-9-6-12(16-13)11-4-7-14-8-5-11/h4-9H,2-3H2,1H3. The molecule has 0 aliphatic heterocycles. The van der Waals surface area contributed by atoms with Crippen LogP contribution in [0.25, 0.3) is 11.3 Å². The van der Waals surface area contributed by atoms with Crippen molar-refractivity contribution >= 4 is 5.78 Å². The van der Waals surface area contributed by atoms with Crippen LogP contribution >= 0.6 is 0 Å². The molecule has 4 heteroatoms. The van der Waals surface area contributed by atoms with Crippen LogP contribution in [0.4, 0.5) is 0 Å². The number of aromatic nitrogens is 3. The molecular weight excluding hydrogens is 214 g/mol. The number of aryl methyl sites for hydroxylation is 1. The topological polar surface area (TPSA) is 55.7 Å². The zero-order chi connectivity index (χ0) is 12.1. The summed E-state index contributed by atoms with van der Waals surface area (Å²) < 4.78 is 0. The molecule has 2 aromatic rings. The second-order valence-electron chi connectivity index (χ2n) is 3.80. The molecule has 0 unspecified atom stereocenters. The fourth-order valence-electron chi connectivity index (χ4n) is 1.49. The number of nitrogens with zero attached hydrogens (tertiary/aromatic N) is 3. The molecule has 0 saturated carbocycles. The summed E-state index contributed by atoms with van der Waals surface area (Å²) >= 11 is 0. The van der Waals surface area contributed by atoms with Crippen molar-refractivity contribution < 1.29 is 4.79 Å². The van der Waals surface area contributed by atoms with E-state index in [9.17, 15) is 4.79 Å². The van der Waals surface area contributed by atoms with Crippen LogP contribution in [0.2, 0.25) is 0 Å². The molecule has 0 aliphatic carbocycles. The quantitative estimate of drug-likeness (QED) is 0.802.